The van der Waals surface area contributed by atoms with Crippen molar-refractivity contribution >= 4 is 22.6 Å². The molecule has 6 rings (SSSR count). The molecule has 1 atom stereocenters. The molecule has 3 aliphatic heterocycles. The third-order valence-corrected chi connectivity index (χ3v) is 8.51. The Bertz CT molecular complexity index is 1450. The molecule has 1 aromatic carbocycles. The molecule has 2 fully saturated rings. The lowest BCUT2D eigenvalue weighted by molar-refractivity contribution is -0.127. The second-order valence-corrected chi connectivity index (χ2v) is 11.0. The molecule has 9 nitrogen and oxygen atoms in total. The van der Waals surface area contributed by atoms with E-state index in [9.17, 15) is 4.79 Å². The van der Waals surface area contributed by atoms with E-state index in [1.54, 1.807) is 0 Å². The highest BCUT2D eigenvalue weighted by atomic mass is 16.5. The fourth-order valence-electron chi connectivity index (χ4n) is 6.20. The van der Waals surface area contributed by atoms with E-state index in [4.69, 9.17) is 19.4 Å². The predicted octanol–water partition coefficient (Wildman–Crippen LogP) is 4.39. The molecule has 1 unspecified atom stereocenters. The van der Waals surface area contributed by atoms with E-state index >= 15 is 0 Å². The lowest BCUT2D eigenvalue weighted by atomic mass is 9.87. The van der Waals surface area contributed by atoms with Gasteiger partial charge in [0.15, 0.2) is 0 Å². The van der Waals surface area contributed by atoms with Crippen LogP contribution in [0.2, 0.25) is 0 Å². The number of fused-ring (bicyclic) bond motifs is 2. The molecule has 3 aromatic rings. The Morgan fingerprint density at radius 2 is 2.03 bits per heavy atom. The first-order valence-electron chi connectivity index (χ1n) is 13.9. The van der Waals surface area contributed by atoms with Crippen molar-refractivity contribution in [2.24, 2.45) is 0 Å². The smallest absolute Gasteiger partial charge is 0.320 e. The van der Waals surface area contributed by atoms with Gasteiger partial charge in [0, 0.05) is 48.0 Å². The topological polar surface area (TPSA) is 96.5 Å². The van der Waals surface area contributed by atoms with Gasteiger partial charge in [-0.3, -0.25) is 9.89 Å². The number of hydrogen-bond acceptors (Lipinski definition) is 7. The predicted molar refractivity (Wildman–Crippen MR) is 150 cm³/mol. The van der Waals surface area contributed by atoms with Gasteiger partial charge in [0.05, 0.1) is 17.4 Å². The fraction of sp³-hybridized carbons (Fsp3) is 0.467. The molecule has 0 spiro atoms. The Balaban J connectivity index is 1.35. The summed E-state index contributed by atoms with van der Waals surface area (Å²) in [5.74, 6) is 1.58. The van der Waals surface area contributed by atoms with Gasteiger partial charge >= 0.3 is 6.01 Å². The van der Waals surface area contributed by atoms with Gasteiger partial charge in [-0.05, 0) is 76.4 Å². The third-order valence-electron chi connectivity index (χ3n) is 8.51. The highest BCUT2D eigenvalue weighted by Gasteiger charge is 2.32. The Morgan fingerprint density at radius 1 is 1.21 bits per heavy atom. The highest BCUT2D eigenvalue weighted by Crippen LogP contribution is 2.42. The van der Waals surface area contributed by atoms with Crippen molar-refractivity contribution in [1.82, 2.24) is 30.0 Å². The van der Waals surface area contributed by atoms with Crippen LogP contribution in [0.5, 0.6) is 11.9 Å². The van der Waals surface area contributed by atoms with Crippen molar-refractivity contribution in [3.8, 4) is 11.9 Å². The van der Waals surface area contributed by atoms with E-state index in [0.29, 0.717) is 44.0 Å². The number of aromatic amines is 1. The van der Waals surface area contributed by atoms with Crippen LogP contribution in [-0.4, -0.2) is 75.2 Å². The van der Waals surface area contributed by atoms with E-state index in [-0.39, 0.29) is 11.8 Å². The van der Waals surface area contributed by atoms with E-state index < -0.39 is 0 Å². The summed E-state index contributed by atoms with van der Waals surface area (Å²) in [7, 11) is 2.14. The lowest BCUT2D eigenvalue weighted by Crippen LogP contribution is -2.37. The Kier molecular flexibility index (Phi) is 6.85. The van der Waals surface area contributed by atoms with Crippen LogP contribution in [0.15, 0.2) is 36.6 Å². The Labute approximate surface area is 228 Å². The number of H-pyrrole nitrogens is 1. The number of piperidine rings is 1. The molecule has 0 radical (unpaired) electrons. The number of carbonyl (C=O) groups excluding carboxylic acids is 1. The number of allylic oxidation sites excluding steroid dienone is 1. The number of likely N-dealkylation sites (tertiary alicyclic amines) is 2. The molecule has 9 heteroatoms. The van der Waals surface area contributed by atoms with E-state index in [0.717, 1.165) is 70.4 Å². The van der Waals surface area contributed by atoms with Crippen molar-refractivity contribution in [2.75, 3.05) is 33.3 Å². The minimum atomic E-state index is -0.0154. The first-order chi connectivity index (χ1) is 18.9. The van der Waals surface area contributed by atoms with Gasteiger partial charge in [-0.1, -0.05) is 12.6 Å². The normalized spacial score (nSPS) is 20.3. The van der Waals surface area contributed by atoms with Gasteiger partial charge in [0.25, 0.3) is 0 Å². The van der Waals surface area contributed by atoms with Crippen LogP contribution in [0.4, 0.5) is 0 Å². The summed E-state index contributed by atoms with van der Waals surface area (Å²) in [4.78, 5) is 26.2. The Morgan fingerprint density at radius 3 is 2.77 bits per heavy atom. The van der Waals surface area contributed by atoms with Crippen molar-refractivity contribution in [3.63, 3.8) is 0 Å². The minimum Gasteiger partial charge on any atom is -0.462 e. The third kappa shape index (κ3) is 4.80. The van der Waals surface area contributed by atoms with Crippen LogP contribution in [0.25, 0.3) is 16.7 Å². The van der Waals surface area contributed by atoms with Gasteiger partial charge in [-0.2, -0.15) is 15.1 Å². The van der Waals surface area contributed by atoms with E-state index in [1.165, 1.54) is 12.5 Å². The number of amides is 1. The van der Waals surface area contributed by atoms with Crippen molar-refractivity contribution in [2.45, 2.75) is 57.9 Å². The summed E-state index contributed by atoms with van der Waals surface area (Å²) < 4.78 is 12.9. The van der Waals surface area contributed by atoms with Gasteiger partial charge in [-0.25, -0.2) is 0 Å². The SMILES string of the molecule is C=CC(=O)N1CCC(c2nc(OCC3CCCN3C)nc3c2CC(C)=C(c2c(C)ccc4[nH]ncc24)O3)CC1. The van der Waals surface area contributed by atoms with Gasteiger partial charge < -0.3 is 19.3 Å². The summed E-state index contributed by atoms with van der Waals surface area (Å²) in [5.41, 5.74) is 6.26. The number of carbonyl (C=O) groups is 1. The second kappa shape index (κ2) is 10.4. The van der Waals surface area contributed by atoms with Crippen molar-refractivity contribution in [3.05, 3.63) is 58.9 Å². The Hall–Kier alpha value is -3.72. The number of likely N-dealkylation sites (N-methyl/N-ethyl adjacent to an activating group) is 1. The monoisotopic (exact) mass is 528 g/mol. The first kappa shape index (κ1) is 25.6. The van der Waals surface area contributed by atoms with Crippen LogP contribution >= 0.6 is 0 Å². The number of benzene rings is 1. The van der Waals surface area contributed by atoms with Crippen LogP contribution in [-0.2, 0) is 11.2 Å². The van der Waals surface area contributed by atoms with Gasteiger partial charge in [0.2, 0.25) is 11.8 Å². The molecule has 0 aliphatic carbocycles. The number of nitrogens with zero attached hydrogens (tertiary/aromatic N) is 5. The number of hydrogen-bond donors (Lipinski definition) is 1. The zero-order chi connectivity index (χ0) is 27.1. The largest absolute Gasteiger partial charge is 0.462 e. The quantitative estimate of drug-likeness (QED) is 0.474. The van der Waals surface area contributed by atoms with Crippen LogP contribution in [0.1, 0.15) is 60.9 Å². The first-order valence-corrected chi connectivity index (χ1v) is 13.9. The fourth-order valence-corrected chi connectivity index (χ4v) is 6.20. The molecule has 2 aromatic heterocycles. The second-order valence-electron chi connectivity index (χ2n) is 11.0. The number of rotatable bonds is 6. The zero-order valence-electron chi connectivity index (χ0n) is 23.0. The number of ether oxygens (including phenoxy) is 2. The van der Waals surface area contributed by atoms with Crippen LogP contribution < -0.4 is 9.47 Å². The maximum absolute atomic E-state index is 12.2. The maximum Gasteiger partial charge on any atom is 0.320 e. The molecule has 0 bridgehead atoms. The van der Waals surface area contributed by atoms with E-state index in [2.05, 4.69) is 48.6 Å². The molecule has 1 N–H and O–H groups in total. The lowest BCUT2D eigenvalue weighted by Gasteiger charge is -2.33. The molecule has 5 heterocycles. The molecule has 0 saturated carbocycles. The summed E-state index contributed by atoms with van der Waals surface area (Å²) in [6.07, 6.45) is 7.90. The van der Waals surface area contributed by atoms with E-state index in [1.807, 2.05) is 17.2 Å². The van der Waals surface area contributed by atoms with Crippen LogP contribution in [0.3, 0.4) is 0 Å². The molecular weight excluding hydrogens is 492 g/mol. The summed E-state index contributed by atoms with van der Waals surface area (Å²) in [5, 5.41) is 8.36. The summed E-state index contributed by atoms with van der Waals surface area (Å²) in [6.45, 7) is 10.9. The zero-order valence-corrected chi connectivity index (χ0v) is 23.0. The van der Waals surface area contributed by atoms with Gasteiger partial charge in [-0.15, -0.1) is 0 Å². The molecule has 3 aliphatic rings. The van der Waals surface area contributed by atoms with Crippen molar-refractivity contribution in [1.29, 1.82) is 0 Å². The number of nitrogens with one attached hydrogen (secondary N) is 1. The maximum atomic E-state index is 12.2. The summed E-state index contributed by atoms with van der Waals surface area (Å²) in [6, 6.07) is 4.86. The molecule has 1 amide bonds. The molecule has 2 saturated heterocycles. The number of aromatic nitrogens is 4. The summed E-state index contributed by atoms with van der Waals surface area (Å²) >= 11 is 0. The minimum absolute atomic E-state index is 0.0154. The average molecular weight is 529 g/mol. The molecule has 204 valence electrons. The molecular formula is C30H36N6O3. The average Bonchev–Trinajstić information content (AvgIpc) is 3.59. The highest BCUT2D eigenvalue weighted by molar-refractivity contribution is 5.93. The van der Waals surface area contributed by atoms with Crippen molar-refractivity contribution < 1.29 is 14.3 Å². The van der Waals surface area contributed by atoms with Gasteiger partial charge in [0.1, 0.15) is 12.4 Å². The standard InChI is InChI=1S/C30H36N6O3/c1-5-25(37)36-13-10-20(11-14-36)27-22-15-19(3)28(26-18(2)8-9-24-23(26)16-31-34-24)39-29(22)33-30(32-27)38-17-21-7-6-12-35(21)4/h5,8-9,16,20-21H,1,6-7,10-15,17H2,2-4H3,(H,31,34). The van der Waals surface area contributed by atoms with Crippen LogP contribution in [0, 0.1) is 6.92 Å². The molecule has 39 heavy (non-hydrogen) atoms. The number of aryl methyl sites for hydroxylation is 1.